The van der Waals surface area contributed by atoms with Crippen molar-refractivity contribution in [2.24, 2.45) is 0 Å². The lowest BCUT2D eigenvalue weighted by atomic mass is 10.1. The Hall–Kier alpha value is -2.83. The minimum absolute atomic E-state index is 0.150. The van der Waals surface area contributed by atoms with E-state index in [4.69, 9.17) is 9.63 Å². The minimum atomic E-state index is -1.20. The Morgan fingerprint density at radius 3 is 2.45 bits per heavy atom. The fraction of sp³-hybridized carbons (Fsp3) is 0.154. The SMILES string of the molecule is CN(C)C(=O)c1ccc(-c2cc(C(=O)O)no2)cc1O. The third kappa shape index (κ3) is 2.46. The third-order valence-electron chi connectivity index (χ3n) is 2.65. The van der Waals surface area contributed by atoms with Crippen LogP contribution in [0.4, 0.5) is 0 Å². The summed E-state index contributed by atoms with van der Waals surface area (Å²) in [6.07, 6.45) is 0. The number of carboxylic acid groups (broad SMARTS) is 1. The molecule has 0 atom stereocenters. The van der Waals surface area contributed by atoms with E-state index in [0.717, 1.165) is 0 Å². The first-order chi connectivity index (χ1) is 9.40. The fourth-order valence-electron chi connectivity index (χ4n) is 1.62. The molecule has 7 heteroatoms. The fourth-order valence-corrected chi connectivity index (χ4v) is 1.62. The standard InChI is InChI=1S/C13H12N2O5/c1-15(2)12(17)8-4-3-7(5-10(8)16)11-6-9(13(18)19)14-20-11/h3-6,16H,1-2H3,(H,18,19). The summed E-state index contributed by atoms with van der Waals surface area (Å²) in [5, 5.41) is 22.0. The van der Waals surface area contributed by atoms with Gasteiger partial charge < -0.3 is 19.6 Å². The maximum Gasteiger partial charge on any atom is 0.358 e. The van der Waals surface area contributed by atoms with E-state index in [1.54, 1.807) is 20.2 Å². The first kappa shape index (κ1) is 13.6. The number of hydrogen-bond acceptors (Lipinski definition) is 5. The van der Waals surface area contributed by atoms with Crippen LogP contribution in [0.15, 0.2) is 28.8 Å². The average molecular weight is 276 g/mol. The molecule has 2 aromatic rings. The van der Waals surface area contributed by atoms with Crippen LogP contribution < -0.4 is 0 Å². The number of hydrogen-bond donors (Lipinski definition) is 2. The quantitative estimate of drug-likeness (QED) is 0.879. The minimum Gasteiger partial charge on any atom is -0.507 e. The second kappa shape index (κ2) is 5.04. The summed E-state index contributed by atoms with van der Waals surface area (Å²) >= 11 is 0. The zero-order chi connectivity index (χ0) is 14.9. The monoisotopic (exact) mass is 276 g/mol. The van der Waals surface area contributed by atoms with Crippen LogP contribution in [0.1, 0.15) is 20.8 Å². The Bertz CT molecular complexity index is 675. The number of benzene rings is 1. The number of carbonyl (C=O) groups excluding carboxylic acids is 1. The number of rotatable bonds is 3. The van der Waals surface area contributed by atoms with Crippen molar-refractivity contribution in [3.63, 3.8) is 0 Å². The predicted octanol–water partition coefficient (Wildman–Crippen LogP) is 1.45. The molecule has 0 unspecified atom stereocenters. The van der Waals surface area contributed by atoms with E-state index >= 15 is 0 Å². The summed E-state index contributed by atoms with van der Waals surface area (Å²) in [4.78, 5) is 23.8. The van der Waals surface area contributed by atoms with Crippen LogP contribution in [-0.4, -0.2) is 46.2 Å². The van der Waals surface area contributed by atoms with Crippen molar-refractivity contribution in [2.45, 2.75) is 0 Å². The molecule has 0 aliphatic rings. The van der Waals surface area contributed by atoms with Crippen molar-refractivity contribution in [3.8, 4) is 17.1 Å². The lowest BCUT2D eigenvalue weighted by Crippen LogP contribution is -2.21. The van der Waals surface area contributed by atoms with Gasteiger partial charge in [-0.05, 0) is 12.1 Å². The van der Waals surface area contributed by atoms with Crippen LogP contribution in [0.2, 0.25) is 0 Å². The van der Waals surface area contributed by atoms with Crippen LogP contribution >= 0.6 is 0 Å². The number of amides is 1. The zero-order valence-corrected chi connectivity index (χ0v) is 10.8. The van der Waals surface area contributed by atoms with Gasteiger partial charge in [0.2, 0.25) is 0 Å². The van der Waals surface area contributed by atoms with E-state index < -0.39 is 5.97 Å². The lowest BCUT2D eigenvalue weighted by Gasteiger charge is -2.11. The van der Waals surface area contributed by atoms with Gasteiger partial charge in [0.05, 0.1) is 5.56 Å². The Labute approximate surface area is 114 Å². The summed E-state index contributed by atoms with van der Waals surface area (Å²) in [5.41, 5.74) is 0.350. The number of phenolic OH excluding ortho intramolecular Hbond substituents is 1. The second-order valence-corrected chi connectivity index (χ2v) is 4.31. The normalized spacial score (nSPS) is 10.3. The lowest BCUT2D eigenvalue weighted by molar-refractivity contribution is 0.0685. The van der Waals surface area contributed by atoms with E-state index in [1.165, 1.54) is 23.1 Å². The molecule has 104 valence electrons. The van der Waals surface area contributed by atoms with Crippen molar-refractivity contribution >= 4 is 11.9 Å². The van der Waals surface area contributed by atoms with Crippen LogP contribution in [0, 0.1) is 0 Å². The van der Waals surface area contributed by atoms with E-state index in [1.807, 2.05) is 0 Å². The van der Waals surface area contributed by atoms with Crippen LogP contribution in [-0.2, 0) is 0 Å². The average Bonchev–Trinajstić information content (AvgIpc) is 2.87. The molecule has 0 aliphatic carbocycles. The van der Waals surface area contributed by atoms with Gasteiger partial charge in [0.25, 0.3) is 5.91 Å². The molecule has 0 radical (unpaired) electrons. The highest BCUT2D eigenvalue weighted by molar-refractivity contribution is 5.97. The van der Waals surface area contributed by atoms with Crippen molar-refractivity contribution in [3.05, 3.63) is 35.5 Å². The highest BCUT2D eigenvalue weighted by atomic mass is 16.5. The molecule has 0 saturated carbocycles. The smallest absolute Gasteiger partial charge is 0.358 e. The first-order valence-corrected chi connectivity index (χ1v) is 5.65. The zero-order valence-electron chi connectivity index (χ0n) is 10.8. The van der Waals surface area contributed by atoms with Crippen molar-refractivity contribution < 1.29 is 24.3 Å². The third-order valence-corrected chi connectivity index (χ3v) is 2.65. The Kier molecular flexibility index (Phi) is 3.43. The van der Waals surface area contributed by atoms with Gasteiger partial charge >= 0.3 is 5.97 Å². The molecule has 0 fully saturated rings. The van der Waals surface area contributed by atoms with Gasteiger partial charge in [0.1, 0.15) is 5.75 Å². The summed E-state index contributed by atoms with van der Waals surface area (Å²) < 4.78 is 4.88. The molecule has 0 aliphatic heterocycles. The summed E-state index contributed by atoms with van der Waals surface area (Å²) in [6.45, 7) is 0. The topological polar surface area (TPSA) is 104 Å². The summed E-state index contributed by atoms with van der Waals surface area (Å²) in [5.74, 6) is -1.56. The maximum atomic E-state index is 11.8. The van der Waals surface area contributed by atoms with Gasteiger partial charge in [-0.3, -0.25) is 4.79 Å². The van der Waals surface area contributed by atoms with Gasteiger partial charge in [-0.25, -0.2) is 4.79 Å². The predicted molar refractivity (Wildman–Crippen MR) is 68.6 cm³/mol. The van der Waals surface area contributed by atoms with Gasteiger partial charge in [-0.15, -0.1) is 0 Å². The first-order valence-electron chi connectivity index (χ1n) is 5.65. The molecule has 0 saturated heterocycles. The van der Waals surface area contributed by atoms with Crippen LogP contribution in [0.5, 0.6) is 5.75 Å². The molecule has 7 nitrogen and oxygen atoms in total. The molecule has 2 rings (SSSR count). The van der Waals surface area contributed by atoms with Gasteiger partial charge in [0.15, 0.2) is 11.5 Å². The molecule has 1 aromatic heterocycles. The Morgan fingerprint density at radius 2 is 1.95 bits per heavy atom. The Balaban J connectivity index is 2.37. The second-order valence-electron chi connectivity index (χ2n) is 4.31. The number of aromatic nitrogens is 1. The van der Waals surface area contributed by atoms with Crippen LogP contribution in [0.3, 0.4) is 0 Å². The van der Waals surface area contributed by atoms with E-state index in [0.29, 0.717) is 5.56 Å². The van der Waals surface area contributed by atoms with E-state index in [-0.39, 0.29) is 28.7 Å². The number of carboxylic acids is 1. The Morgan fingerprint density at radius 1 is 1.25 bits per heavy atom. The number of nitrogens with zero attached hydrogens (tertiary/aromatic N) is 2. The van der Waals surface area contributed by atoms with Gasteiger partial charge in [0, 0.05) is 25.7 Å². The molecule has 0 spiro atoms. The largest absolute Gasteiger partial charge is 0.507 e. The van der Waals surface area contributed by atoms with Crippen LogP contribution in [0.25, 0.3) is 11.3 Å². The highest BCUT2D eigenvalue weighted by Crippen LogP contribution is 2.27. The number of phenols is 1. The highest BCUT2D eigenvalue weighted by Gasteiger charge is 2.16. The molecule has 1 heterocycles. The maximum absolute atomic E-state index is 11.8. The number of carbonyl (C=O) groups is 2. The molecular formula is C13H12N2O5. The van der Waals surface area contributed by atoms with Gasteiger partial charge in [-0.2, -0.15) is 0 Å². The van der Waals surface area contributed by atoms with E-state index in [9.17, 15) is 14.7 Å². The summed E-state index contributed by atoms with van der Waals surface area (Å²) in [6, 6.07) is 5.55. The van der Waals surface area contributed by atoms with Crippen molar-refractivity contribution in [1.82, 2.24) is 10.1 Å². The molecule has 0 bridgehead atoms. The molecular weight excluding hydrogens is 264 g/mol. The summed E-state index contributed by atoms with van der Waals surface area (Å²) in [7, 11) is 3.15. The van der Waals surface area contributed by atoms with Crippen molar-refractivity contribution in [2.75, 3.05) is 14.1 Å². The number of aromatic carboxylic acids is 1. The molecule has 1 aromatic carbocycles. The number of aromatic hydroxyl groups is 1. The van der Waals surface area contributed by atoms with E-state index in [2.05, 4.69) is 5.16 Å². The molecule has 20 heavy (non-hydrogen) atoms. The molecule has 2 N–H and O–H groups in total. The van der Waals surface area contributed by atoms with Gasteiger partial charge in [-0.1, -0.05) is 11.2 Å². The molecule has 1 amide bonds. The van der Waals surface area contributed by atoms with Crippen molar-refractivity contribution in [1.29, 1.82) is 0 Å².